The van der Waals surface area contributed by atoms with Crippen LogP contribution in [-0.4, -0.2) is 4.98 Å². The van der Waals surface area contributed by atoms with Gasteiger partial charge in [0.15, 0.2) is 0 Å². The Bertz CT molecular complexity index is 2430. The summed E-state index contributed by atoms with van der Waals surface area (Å²) in [5.41, 5.74) is 3.34. The highest BCUT2D eigenvalue weighted by Crippen LogP contribution is 2.46. The van der Waals surface area contributed by atoms with E-state index in [4.69, 9.17) is 16.8 Å². The van der Waals surface area contributed by atoms with Crippen LogP contribution in [0, 0.1) is 37.3 Å². The Morgan fingerprint density at radius 2 is 1.57 bits per heavy atom. The van der Waals surface area contributed by atoms with Gasteiger partial charge in [0.05, 0.1) is 17.3 Å². The summed E-state index contributed by atoms with van der Waals surface area (Å²) in [5.74, 6) is -1.22. The highest BCUT2D eigenvalue weighted by molar-refractivity contribution is 6.15. The Balaban J connectivity index is 1.61. The highest BCUT2D eigenvalue weighted by Gasteiger charge is 2.29. The minimum absolute atomic E-state index is 0.00467. The minimum atomic E-state index is -2.68. The van der Waals surface area contributed by atoms with Crippen LogP contribution in [0.25, 0.3) is 55.4 Å². The van der Waals surface area contributed by atoms with E-state index in [2.05, 4.69) is 24.9 Å². The number of hydrogen-bond acceptors (Lipinski definition) is 3. The number of furan rings is 1. The van der Waals surface area contributed by atoms with Crippen LogP contribution >= 0.6 is 0 Å². The average molecular weight is 585 g/mol. The van der Waals surface area contributed by atoms with Crippen LogP contribution in [0.2, 0.25) is 0 Å². The lowest BCUT2D eigenvalue weighted by molar-refractivity contribution is 0.224. The molecule has 0 atom stereocenters. The summed E-state index contributed by atoms with van der Waals surface area (Å²) in [6.45, 7) is -3.61. The molecule has 0 unspecified atom stereocenters. The second kappa shape index (κ2) is 10.8. The molecule has 0 amide bonds. The zero-order valence-electron chi connectivity index (χ0n) is 34.7. The third kappa shape index (κ3) is 4.80. The molecule has 1 aliphatic carbocycles. The van der Waals surface area contributed by atoms with Crippen LogP contribution < -0.4 is 0 Å². The summed E-state index contributed by atoms with van der Waals surface area (Å²) in [5, 5.41) is 11.3. The Morgan fingerprint density at radius 3 is 2.27 bits per heavy atom. The van der Waals surface area contributed by atoms with Gasteiger partial charge in [0, 0.05) is 41.8 Å². The summed E-state index contributed by atoms with van der Waals surface area (Å²) in [6, 6.07) is 24.2. The molecule has 1 saturated carbocycles. The molecular formula is C41H38N2O. The van der Waals surface area contributed by atoms with E-state index < -0.39 is 26.4 Å². The van der Waals surface area contributed by atoms with Crippen molar-refractivity contribution in [2.75, 3.05) is 0 Å². The first-order valence-corrected chi connectivity index (χ1v) is 14.9. The predicted octanol–water partition coefficient (Wildman–Crippen LogP) is 11.5. The average Bonchev–Trinajstić information content (AvgIpc) is 3.49. The van der Waals surface area contributed by atoms with Crippen molar-refractivity contribution in [3.8, 4) is 39.6 Å². The number of rotatable bonds is 4. The van der Waals surface area contributed by atoms with Crippen molar-refractivity contribution in [2.24, 2.45) is 5.41 Å². The van der Waals surface area contributed by atoms with Crippen LogP contribution in [-0.2, 0) is 0 Å². The van der Waals surface area contributed by atoms with Crippen molar-refractivity contribution < 1.29 is 18.1 Å². The fourth-order valence-electron chi connectivity index (χ4n) is 6.52. The molecule has 0 saturated heterocycles. The molecule has 7 rings (SSSR count). The number of pyridine rings is 1. The van der Waals surface area contributed by atoms with Crippen LogP contribution in [0.1, 0.15) is 86.9 Å². The lowest BCUT2D eigenvalue weighted by Crippen LogP contribution is -2.20. The SMILES string of the molecule is [2H]C([2H])([2H])c1cnc(-c2cc(-c3c(C([2H])([2H])[2H])cccc3C([2H])([2H])[2H])cc3c2oc2c(-c4ccccc4)c(C#N)ccc23)cc1C1([2H])CCC(C)(C)CC1. The molecule has 218 valence electrons. The zero-order valence-corrected chi connectivity index (χ0v) is 24.7. The molecule has 0 N–H and O–H groups in total. The second-order valence-corrected chi connectivity index (χ2v) is 12.5. The van der Waals surface area contributed by atoms with Gasteiger partial charge in [-0.05, 0) is 127 Å². The van der Waals surface area contributed by atoms with Crippen molar-refractivity contribution in [3.05, 3.63) is 113 Å². The van der Waals surface area contributed by atoms with E-state index >= 15 is 0 Å². The van der Waals surface area contributed by atoms with Gasteiger partial charge in [-0.1, -0.05) is 62.4 Å². The molecule has 1 aliphatic rings. The number of hydrogen-bond donors (Lipinski definition) is 0. The number of aryl methyl sites for hydroxylation is 3. The summed E-state index contributed by atoms with van der Waals surface area (Å²) in [6.07, 6.45) is 3.63. The molecule has 6 aromatic rings. The van der Waals surface area contributed by atoms with Gasteiger partial charge in [-0.25, -0.2) is 0 Å². The van der Waals surface area contributed by atoms with E-state index in [1.807, 2.05) is 30.3 Å². The molecule has 44 heavy (non-hydrogen) atoms. The minimum Gasteiger partial charge on any atom is -0.455 e. The molecule has 2 heterocycles. The second-order valence-electron chi connectivity index (χ2n) is 12.5. The van der Waals surface area contributed by atoms with Crippen LogP contribution in [0.4, 0.5) is 0 Å². The first kappa shape index (κ1) is 18.9. The Hall–Kier alpha value is -4.68. The molecule has 3 heteroatoms. The smallest absolute Gasteiger partial charge is 0.144 e. The number of nitriles is 1. The van der Waals surface area contributed by atoms with E-state index in [1.165, 1.54) is 24.4 Å². The van der Waals surface area contributed by atoms with Crippen molar-refractivity contribution in [1.29, 1.82) is 5.26 Å². The molecule has 2 aromatic heterocycles. The van der Waals surface area contributed by atoms with Crippen molar-refractivity contribution in [2.45, 2.75) is 66.0 Å². The van der Waals surface area contributed by atoms with Gasteiger partial charge in [-0.2, -0.15) is 5.26 Å². The van der Waals surface area contributed by atoms with Gasteiger partial charge >= 0.3 is 0 Å². The molecule has 0 aliphatic heterocycles. The standard InChI is InChI=1S/C41H38N2O/c1-25-10-9-11-26(2)37(25)31-20-34-32-15-14-30(23-42)38(29-12-7-6-8-13-29)40(32)44-39(34)35(21-31)36-22-33(27(3)24-43-36)28-16-18-41(4,5)19-17-28/h6-15,20-22,24,28H,16-19H2,1-5H3/i1D3,2D3,3D3,28D. The maximum Gasteiger partial charge on any atom is 0.144 e. The van der Waals surface area contributed by atoms with Gasteiger partial charge < -0.3 is 4.42 Å². The predicted molar refractivity (Wildman–Crippen MR) is 182 cm³/mol. The van der Waals surface area contributed by atoms with E-state index in [-0.39, 0.29) is 38.9 Å². The molecular weight excluding hydrogens is 536 g/mol. The fourth-order valence-corrected chi connectivity index (χ4v) is 6.52. The quantitative estimate of drug-likeness (QED) is 0.207. The third-order valence-corrected chi connectivity index (χ3v) is 9.04. The Morgan fingerprint density at radius 1 is 0.818 bits per heavy atom. The number of aromatic nitrogens is 1. The third-order valence-electron chi connectivity index (χ3n) is 9.04. The van der Waals surface area contributed by atoms with Crippen molar-refractivity contribution in [1.82, 2.24) is 4.98 Å². The monoisotopic (exact) mass is 584 g/mol. The number of fused-ring (bicyclic) bond motifs is 3. The lowest BCUT2D eigenvalue weighted by atomic mass is 9.71. The summed E-state index contributed by atoms with van der Waals surface area (Å²) in [7, 11) is 0. The normalized spacial score (nSPS) is 20.0. The molecule has 1 fully saturated rings. The summed E-state index contributed by atoms with van der Waals surface area (Å²) in [4.78, 5) is 4.66. The Labute approximate surface area is 274 Å². The first-order chi connectivity index (χ1) is 25.2. The molecule has 0 radical (unpaired) electrons. The maximum atomic E-state index is 10.2. The molecule has 4 aromatic carbocycles. The van der Waals surface area contributed by atoms with Crippen molar-refractivity contribution in [3.63, 3.8) is 0 Å². The summed E-state index contributed by atoms with van der Waals surface area (Å²) >= 11 is 0. The van der Waals surface area contributed by atoms with Gasteiger partial charge in [0.1, 0.15) is 11.2 Å². The fraction of sp³-hybridized carbons (Fsp3) is 0.268. The molecule has 0 spiro atoms. The van der Waals surface area contributed by atoms with Gasteiger partial charge in [-0.15, -0.1) is 0 Å². The first-order valence-electron chi connectivity index (χ1n) is 19.9. The largest absolute Gasteiger partial charge is 0.455 e. The van der Waals surface area contributed by atoms with E-state index in [9.17, 15) is 6.63 Å². The Kier molecular flexibility index (Phi) is 4.63. The van der Waals surface area contributed by atoms with Gasteiger partial charge in [-0.3, -0.25) is 4.98 Å². The number of benzene rings is 4. The topological polar surface area (TPSA) is 49.8 Å². The van der Waals surface area contributed by atoms with E-state index in [1.54, 1.807) is 30.3 Å². The van der Waals surface area contributed by atoms with Crippen molar-refractivity contribution >= 4 is 21.9 Å². The number of nitrogens with zero attached hydrogens (tertiary/aromatic N) is 2. The summed E-state index contributed by atoms with van der Waals surface area (Å²) < 4.78 is 91.9. The highest BCUT2D eigenvalue weighted by atomic mass is 16.3. The lowest BCUT2D eigenvalue weighted by Gasteiger charge is -2.35. The van der Waals surface area contributed by atoms with Crippen LogP contribution in [0.3, 0.4) is 0 Å². The van der Waals surface area contributed by atoms with E-state index in [0.29, 0.717) is 57.0 Å². The van der Waals surface area contributed by atoms with Crippen LogP contribution in [0.5, 0.6) is 0 Å². The van der Waals surface area contributed by atoms with Crippen LogP contribution in [0.15, 0.2) is 89.5 Å². The van der Waals surface area contributed by atoms with E-state index in [0.717, 1.165) is 18.4 Å². The maximum absolute atomic E-state index is 10.2. The van der Waals surface area contributed by atoms with Gasteiger partial charge in [0.2, 0.25) is 0 Å². The molecule has 3 nitrogen and oxygen atoms in total. The van der Waals surface area contributed by atoms with Gasteiger partial charge in [0.25, 0.3) is 0 Å². The zero-order chi connectivity index (χ0) is 39.0. The molecule has 0 bridgehead atoms.